The highest BCUT2D eigenvalue weighted by Gasteiger charge is 2.09. The molecule has 0 aromatic heterocycles. The van der Waals surface area contributed by atoms with Crippen molar-refractivity contribution < 1.29 is 4.74 Å². The number of benzene rings is 2. The maximum atomic E-state index is 5.90. The molecule has 2 aromatic rings. The van der Waals surface area contributed by atoms with Gasteiger partial charge in [0.25, 0.3) is 0 Å². The zero-order valence-corrected chi connectivity index (χ0v) is 10.8. The van der Waals surface area contributed by atoms with Crippen LogP contribution >= 0.6 is 0 Å². The summed E-state index contributed by atoms with van der Waals surface area (Å²) < 4.78 is 5.90. The SMILES string of the molecule is CC(C)COC(C)c1cccc2ccccc12. The van der Waals surface area contributed by atoms with Crippen LogP contribution in [0.3, 0.4) is 0 Å². The molecule has 0 aliphatic carbocycles. The van der Waals surface area contributed by atoms with Crippen LogP contribution in [-0.4, -0.2) is 6.61 Å². The summed E-state index contributed by atoms with van der Waals surface area (Å²) >= 11 is 0. The topological polar surface area (TPSA) is 9.23 Å². The lowest BCUT2D eigenvalue weighted by Gasteiger charge is -2.17. The van der Waals surface area contributed by atoms with E-state index in [1.165, 1.54) is 16.3 Å². The van der Waals surface area contributed by atoms with Gasteiger partial charge in [-0.25, -0.2) is 0 Å². The van der Waals surface area contributed by atoms with Gasteiger partial charge in [0.05, 0.1) is 6.10 Å². The van der Waals surface area contributed by atoms with E-state index in [2.05, 4.69) is 63.2 Å². The first-order valence-corrected chi connectivity index (χ1v) is 6.27. The summed E-state index contributed by atoms with van der Waals surface area (Å²) in [4.78, 5) is 0. The Hall–Kier alpha value is -1.34. The second kappa shape index (κ2) is 5.33. The maximum absolute atomic E-state index is 5.90. The Morgan fingerprint density at radius 1 is 0.941 bits per heavy atom. The normalized spacial score (nSPS) is 13.2. The summed E-state index contributed by atoms with van der Waals surface area (Å²) in [6.45, 7) is 7.29. The van der Waals surface area contributed by atoms with E-state index in [9.17, 15) is 0 Å². The maximum Gasteiger partial charge on any atom is 0.0802 e. The van der Waals surface area contributed by atoms with Gasteiger partial charge in [-0.2, -0.15) is 0 Å². The molecule has 0 amide bonds. The molecule has 0 saturated heterocycles. The van der Waals surface area contributed by atoms with E-state index >= 15 is 0 Å². The third-order valence-electron chi connectivity index (χ3n) is 2.94. The highest BCUT2D eigenvalue weighted by molar-refractivity contribution is 5.85. The molecule has 2 rings (SSSR count). The van der Waals surface area contributed by atoms with Crippen molar-refractivity contribution in [3.05, 3.63) is 48.0 Å². The van der Waals surface area contributed by atoms with Crippen molar-refractivity contribution in [1.82, 2.24) is 0 Å². The van der Waals surface area contributed by atoms with Gasteiger partial charge in [-0.15, -0.1) is 0 Å². The average molecular weight is 228 g/mol. The summed E-state index contributed by atoms with van der Waals surface area (Å²) in [6.07, 6.45) is 0.156. The molecule has 0 aliphatic rings. The van der Waals surface area contributed by atoms with Gasteiger partial charge in [0.1, 0.15) is 0 Å². The van der Waals surface area contributed by atoms with E-state index in [4.69, 9.17) is 4.74 Å². The molecule has 0 radical (unpaired) electrons. The lowest BCUT2D eigenvalue weighted by molar-refractivity contribution is 0.0478. The van der Waals surface area contributed by atoms with Crippen LogP contribution < -0.4 is 0 Å². The average Bonchev–Trinajstić information content (AvgIpc) is 2.35. The molecule has 0 spiro atoms. The second-order valence-corrected chi connectivity index (χ2v) is 4.94. The van der Waals surface area contributed by atoms with E-state index in [0.717, 1.165) is 6.61 Å². The van der Waals surface area contributed by atoms with Crippen molar-refractivity contribution in [3.63, 3.8) is 0 Å². The summed E-state index contributed by atoms with van der Waals surface area (Å²) in [5.74, 6) is 0.576. The predicted molar refractivity (Wildman–Crippen MR) is 73.2 cm³/mol. The number of hydrogen-bond donors (Lipinski definition) is 0. The largest absolute Gasteiger partial charge is 0.374 e. The van der Waals surface area contributed by atoms with E-state index < -0.39 is 0 Å². The third-order valence-corrected chi connectivity index (χ3v) is 2.94. The standard InChI is InChI=1S/C16H20O/c1-12(2)11-17-13(3)15-10-6-8-14-7-4-5-9-16(14)15/h4-10,12-13H,11H2,1-3H3. The summed E-state index contributed by atoms with van der Waals surface area (Å²) in [6, 6.07) is 14.9. The molecule has 17 heavy (non-hydrogen) atoms. The van der Waals surface area contributed by atoms with Crippen LogP contribution in [0.25, 0.3) is 10.8 Å². The van der Waals surface area contributed by atoms with E-state index in [1.807, 2.05) is 0 Å². The van der Waals surface area contributed by atoms with Crippen molar-refractivity contribution >= 4 is 10.8 Å². The molecule has 90 valence electrons. The molecule has 1 atom stereocenters. The van der Waals surface area contributed by atoms with Crippen LogP contribution in [0.5, 0.6) is 0 Å². The minimum Gasteiger partial charge on any atom is -0.374 e. The molecular weight excluding hydrogens is 208 g/mol. The lowest BCUT2D eigenvalue weighted by Crippen LogP contribution is -2.06. The zero-order valence-electron chi connectivity index (χ0n) is 10.8. The quantitative estimate of drug-likeness (QED) is 0.744. The molecule has 1 heteroatoms. The molecule has 2 aromatic carbocycles. The Kier molecular flexibility index (Phi) is 3.80. The molecule has 1 nitrogen and oxygen atoms in total. The van der Waals surface area contributed by atoms with Crippen LogP contribution in [0.2, 0.25) is 0 Å². The Morgan fingerprint density at radius 3 is 2.41 bits per heavy atom. The van der Waals surface area contributed by atoms with Gasteiger partial charge in [0.15, 0.2) is 0 Å². The number of ether oxygens (including phenoxy) is 1. The second-order valence-electron chi connectivity index (χ2n) is 4.94. The number of hydrogen-bond acceptors (Lipinski definition) is 1. The molecule has 0 fully saturated rings. The Bertz CT molecular complexity index is 482. The van der Waals surface area contributed by atoms with Crippen LogP contribution in [0.1, 0.15) is 32.4 Å². The molecule has 0 aliphatic heterocycles. The molecule has 0 heterocycles. The van der Waals surface area contributed by atoms with Gasteiger partial charge >= 0.3 is 0 Å². The lowest BCUT2D eigenvalue weighted by atomic mass is 10.0. The van der Waals surface area contributed by atoms with Gasteiger partial charge < -0.3 is 4.74 Å². The number of fused-ring (bicyclic) bond motifs is 1. The first-order chi connectivity index (χ1) is 8.18. The first-order valence-electron chi connectivity index (χ1n) is 6.27. The number of rotatable bonds is 4. The molecular formula is C16H20O. The highest BCUT2D eigenvalue weighted by Crippen LogP contribution is 2.26. The first kappa shape index (κ1) is 12.1. The Balaban J connectivity index is 2.28. The van der Waals surface area contributed by atoms with Crippen LogP contribution in [0.4, 0.5) is 0 Å². The summed E-state index contributed by atoms with van der Waals surface area (Å²) in [5.41, 5.74) is 1.28. The van der Waals surface area contributed by atoms with Crippen molar-refractivity contribution in [3.8, 4) is 0 Å². The molecule has 0 bridgehead atoms. The fourth-order valence-corrected chi connectivity index (χ4v) is 2.03. The summed E-state index contributed by atoms with van der Waals surface area (Å²) in [5, 5.41) is 2.58. The third kappa shape index (κ3) is 2.86. The van der Waals surface area contributed by atoms with E-state index in [-0.39, 0.29) is 6.10 Å². The van der Waals surface area contributed by atoms with E-state index in [0.29, 0.717) is 5.92 Å². The van der Waals surface area contributed by atoms with Crippen molar-refractivity contribution in [2.75, 3.05) is 6.61 Å². The smallest absolute Gasteiger partial charge is 0.0802 e. The van der Waals surface area contributed by atoms with Gasteiger partial charge in [-0.05, 0) is 29.2 Å². The Morgan fingerprint density at radius 2 is 1.65 bits per heavy atom. The molecule has 0 saturated carbocycles. The van der Waals surface area contributed by atoms with Gasteiger partial charge in [-0.1, -0.05) is 56.3 Å². The van der Waals surface area contributed by atoms with Crippen molar-refractivity contribution in [2.45, 2.75) is 26.9 Å². The van der Waals surface area contributed by atoms with Gasteiger partial charge in [0.2, 0.25) is 0 Å². The fourth-order valence-electron chi connectivity index (χ4n) is 2.03. The van der Waals surface area contributed by atoms with Gasteiger partial charge in [0, 0.05) is 6.61 Å². The zero-order chi connectivity index (χ0) is 12.3. The van der Waals surface area contributed by atoms with Crippen molar-refractivity contribution in [2.24, 2.45) is 5.92 Å². The molecule has 1 unspecified atom stereocenters. The summed E-state index contributed by atoms with van der Waals surface area (Å²) in [7, 11) is 0. The fraction of sp³-hybridized carbons (Fsp3) is 0.375. The predicted octanol–water partition coefficient (Wildman–Crippen LogP) is 4.57. The molecule has 0 N–H and O–H groups in total. The van der Waals surface area contributed by atoms with Crippen molar-refractivity contribution in [1.29, 1.82) is 0 Å². The van der Waals surface area contributed by atoms with E-state index in [1.54, 1.807) is 0 Å². The highest BCUT2D eigenvalue weighted by atomic mass is 16.5. The van der Waals surface area contributed by atoms with Crippen LogP contribution in [0.15, 0.2) is 42.5 Å². The van der Waals surface area contributed by atoms with Gasteiger partial charge in [-0.3, -0.25) is 0 Å². The monoisotopic (exact) mass is 228 g/mol. The minimum absolute atomic E-state index is 0.156. The Labute approximate surface area is 103 Å². The van der Waals surface area contributed by atoms with Crippen LogP contribution in [-0.2, 0) is 4.74 Å². The van der Waals surface area contributed by atoms with Crippen LogP contribution in [0, 0.1) is 5.92 Å². The minimum atomic E-state index is 0.156.